The summed E-state index contributed by atoms with van der Waals surface area (Å²) >= 11 is 0. The van der Waals surface area contributed by atoms with Gasteiger partial charge in [0.25, 0.3) is 0 Å². The highest BCUT2D eigenvalue weighted by molar-refractivity contribution is 5.72. The zero-order chi connectivity index (χ0) is 13.8. The molecule has 19 heavy (non-hydrogen) atoms. The lowest BCUT2D eigenvalue weighted by molar-refractivity contribution is -0.141. The van der Waals surface area contributed by atoms with E-state index in [9.17, 15) is 15.0 Å². The molecule has 0 radical (unpaired) electrons. The maximum atomic E-state index is 11.2. The molecule has 0 aromatic heterocycles. The molecular weight excluding hydrogens is 244 g/mol. The van der Waals surface area contributed by atoms with E-state index in [-0.39, 0.29) is 23.9 Å². The number of hydrogen-bond donors (Lipinski definition) is 2. The first-order valence-corrected chi connectivity index (χ1v) is 7.35. The third kappa shape index (κ3) is 3.57. The van der Waals surface area contributed by atoms with Crippen LogP contribution in [0, 0.1) is 11.8 Å². The Kier molecular flexibility index (Phi) is 4.99. The minimum Gasteiger partial charge on any atom is -0.462 e. The number of unbranched alkanes of at least 4 members (excludes halogenated alkanes) is 2. The van der Waals surface area contributed by atoms with Gasteiger partial charge in [0.1, 0.15) is 6.10 Å². The summed E-state index contributed by atoms with van der Waals surface area (Å²) in [7, 11) is 0. The molecule has 1 aliphatic heterocycles. The predicted molar refractivity (Wildman–Crippen MR) is 71.4 cm³/mol. The molecule has 2 N–H and O–H groups in total. The number of carbonyl (C=O) groups excluding carboxylic acids is 1. The molecule has 4 heteroatoms. The van der Waals surface area contributed by atoms with Gasteiger partial charge < -0.3 is 14.9 Å². The van der Waals surface area contributed by atoms with Gasteiger partial charge in [0.05, 0.1) is 18.6 Å². The number of ether oxygens (including phenoxy) is 1. The SMILES string of the molecule is CCCCC[C@H](O)C=C[C@@H]1[C@H]2CC(=O)O[C@H]2C[C@H]1O. The smallest absolute Gasteiger partial charge is 0.306 e. The molecule has 0 bridgehead atoms. The Balaban J connectivity index is 1.85. The Hall–Kier alpha value is -0.870. The van der Waals surface area contributed by atoms with Crippen LogP contribution in [-0.2, 0) is 9.53 Å². The minimum atomic E-state index is -0.456. The van der Waals surface area contributed by atoms with Gasteiger partial charge in [-0.05, 0) is 6.42 Å². The third-order valence-electron chi connectivity index (χ3n) is 4.23. The van der Waals surface area contributed by atoms with Crippen molar-refractivity contribution in [1.82, 2.24) is 0 Å². The summed E-state index contributed by atoms with van der Waals surface area (Å²) < 4.78 is 5.18. The number of aliphatic hydroxyl groups excluding tert-OH is 2. The summed E-state index contributed by atoms with van der Waals surface area (Å²) in [6, 6.07) is 0. The normalized spacial score (nSPS) is 35.6. The average molecular weight is 268 g/mol. The second kappa shape index (κ2) is 6.53. The molecular formula is C15H24O4. The number of rotatable bonds is 6. The number of carbonyl (C=O) groups is 1. The van der Waals surface area contributed by atoms with E-state index < -0.39 is 12.2 Å². The van der Waals surface area contributed by atoms with Gasteiger partial charge in [-0.3, -0.25) is 4.79 Å². The highest BCUT2D eigenvalue weighted by atomic mass is 16.6. The third-order valence-corrected chi connectivity index (χ3v) is 4.23. The van der Waals surface area contributed by atoms with E-state index in [0.29, 0.717) is 12.8 Å². The number of aliphatic hydroxyl groups is 2. The van der Waals surface area contributed by atoms with Crippen molar-refractivity contribution in [2.75, 3.05) is 0 Å². The van der Waals surface area contributed by atoms with Crippen LogP contribution in [0.4, 0.5) is 0 Å². The lowest BCUT2D eigenvalue weighted by Gasteiger charge is -2.15. The number of esters is 1. The van der Waals surface area contributed by atoms with E-state index >= 15 is 0 Å². The quantitative estimate of drug-likeness (QED) is 0.438. The molecule has 108 valence electrons. The maximum absolute atomic E-state index is 11.2. The highest BCUT2D eigenvalue weighted by Gasteiger charge is 2.48. The van der Waals surface area contributed by atoms with E-state index in [1.165, 1.54) is 0 Å². The fraction of sp³-hybridized carbons (Fsp3) is 0.800. The molecule has 4 nitrogen and oxygen atoms in total. The van der Waals surface area contributed by atoms with Crippen LogP contribution in [0.2, 0.25) is 0 Å². The molecule has 0 unspecified atom stereocenters. The van der Waals surface area contributed by atoms with Gasteiger partial charge in [0.2, 0.25) is 0 Å². The van der Waals surface area contributed by atoms with Crippen molar-refractivity contribution in [3.8, 4) is 0 Å². The minimum absolute atomic E-state index is 0.0581. The summed E-state index contributed by atoms with van der Waals surface area (Å²) in [6.07, 6.45) is 7.58. The van der Waals surface area contributed by atoms with E-state index in [0.717, 1.165) is 25.7 Å². The number of hydrogen-bond acceptors (Lipinski definition) is 4. The van der Waals surface area contributed by atoms with E-state index in [1.807, 2.05) is 6.08 Å². The van der Waals surface area contributed by atoms with Gasteiger partial charge in [-0.2, -0.15) is 0 Å². The van der Waals surface area contributed by atoms with Crippen LogP contribution in [0.3, 0.4) is 0 Å². The number of fused-ring (bicyclic) bond motifs is 1. The molecule has 1 saturated carbocycles. The average Bonchev–Trinajstić information content (AvgIpc) is 2.82. The first-order chi connectivity index (χ1) is 9.11. The van der Waals surface area contributed by atoms with Gasteiger partial charge in [-0.1, -0.05) is 38.3 Å². The van der Waals surface area contributed by atoms with Gasteiger partial charge in [0, 0.05) is 18.3 Å². The Morgan fingerprint density at radius 1 is 1.47 bits per heavy atom. The zero-order valence-electron chi connectivity index (χ0n) is 11.5. The van der Waals surface area contributed by atoms with Gasteiger partial charge in [0.15, 0.2) is 0 Å². The summed E-state index contributed by atoms with van der Waals surface area (Å²) in [5, 5.41) is 19.8. The van der Waals surface area contributed by atoms with Crippen molar-refractivity contribution in [2.24, 2.45) is 11.8 Å². The summed E-state index contributed by atoms with van der Waals surface area (Å²) in [4.78, 5) is 11.2. The Morgan fingerprint density at radius 2 is 2.26 bits per heavy atom. The van der Waals surface area contributed by atoms with Crippen LogP contribution in [0.15, 0.2) is 12.2 Å². The van der Waals surface area contributed by atoms with Crippen molar-refractivity contribution >= 4 is 5.97 Å². The molecule has 0 amide bonds. The molecule has 0 spiro atoms. The Labute approximate surface area is 114 Å². The standard InChI is InChI=1S/C15H24O4/c1-2-3-4-5-10(16)6-7-11-12-8-15(18)19-14(12)9-13(11)17/h6-7,10-14,16-17H,2-5,8-9H2,1H3/t10-,11+,12+,13+,14-/m0/s1. The van der Waals surface area contributed by atoms with E-state index in [4.69, 9.17) is 4.74 Å². The van der Waals surface area contributed by atoms with Crippen LogP contribution in [0.1, 0.15) is 45.4 Å². The van der Waals surface area contributed by atoms with Gasteiger partial charge in [-0.15, -0.1) is 0 Å². The molecule has 2 rings (SSSR count). The maximum Gasteiger partial charge on any atom is 0.306 e. The van der Waals surface area contributed by atoms with Crippen molar-refractivity contribution in [2.45, 2.75) is 63.8 Å². The monoisotopic (exact) mass is 268 g/mol. The lowest BCUT2D eigenvalue weighted by Crippen LogP contribution is -2.18. The van der Waals surface area contributed by atoms with Crippen molar-refractivity contribution in [1.29, 1.82) is 0 Å². The summed E-state index contributed by atoms with van der Waals surface area (Å²) in [5.41, 5.74) is 0. The topological polar surface area (TPSA) is 66.8 Å². The van der Waals surface area contributed by atoms with Crippen LogP contribution >= 0.6 is 0 Å². The first-order valence-electron chi connectivity index (χ1n) is 7.35. The largest absolute Gasteiger partial charge is 0.462 e. The highest BCUT2D eigenvalue weighted by Crippen LogP contribution is 2.42. The van der Waals surface area contributed by atoms with Crippen LogP contribution < -0.4 is 0 Å². The fourth-order valence-electron chi connectivity index (χ4n) is 3.14. The Morgan fingerprint density at radius 3 is 3.00 bits per heavy atom. The zero-order valence-corrected chi connectivity index (χ0v) is 11.5. The van der Waals surface area contributed by atoms with Crippen LogP contribution in [0.5, 0.6) is 0 Å². The summed E-state index contributed by atoms with van der Waals surface area (Å²) in [6.45, 7) is 2.13. The molecule has 0 aromatic rings. The first kappa shape index (κ1) is 14.5. The lowest BCUT2D eigenvalue weighted by atomic mass is 9.91. The van der Waals surface area contributed by atoms with E-state index in [1.54, 1.807) is 6.08 Å². The van der Waals surface area contributed by atoms with E-state index in [2.05, 4.69) is 6.92 Å². The van der Waals surface area contributed by atoms with Crippen molar-refractivity contribution in [3.05, 3.63) is 12.2 Å². The Bertz CT molecular complexity index is 339. The molecule has 1 aliphatic carbocycles. The van der Waals surface area contributed by atoms with Gasteiger partial charge >= 0.3 is 5.97 Å². The molecule has 2 aliphatic rings. The molecule has 5 atom stereocenters. The second-order valence-corrected chi connectivity index (χ2v) is 5.72. The molecule has 1 saturated heterocycles. The molecule has 0 aromatic carbocycles. The molecule has 2 fully saturated rings. The van der Waals surface area contributed by atoms with Gasteiger partial charge in [-0.25, -0.2) is 0 Å². The summed E-state index contributed by atoms with van der Waals surface area (Å²) in [5.74, 6) is -0.136. The second-order valence-electron chi connectivity index (χ2n) is 5.72. The fourth-order valence-corrected chi connectivity index (χ4v) is 3.14. The molecule has 1 heterocycles. The predicted octanol–water partition coefficient (Wildman–Crippen LogP) is 1.80. The van der Waals surface area contributed by atoms with Crippen LogP contribution in [-0.4, -0.2) is 34.5 Å². The van der Waals surface area contributed by atoms with Crippen molar-refractivity contribution < 1.29 is 19.7 Å². The van der Waals surface area contributed by atoms with Crippen molar-refractivity contribution in [3.63, 3.8) is 0 Å². The van der Waals surface area contributed by atoms with Crippen LogP contribution in [0.25, 0.3) is 0 Å².